The van der Waals surface area contributed by atoms with Gasteiger partial charge in [-0.3, -0.25) is 11.3 Å². The third-order valence-electron chi connectivity index (χ3n) is 3.40. The molecule has 3 N–H and O–H groups in total. The van der Waals surface area contributed by atoms with E-state index in [4.69, 9.17) is 29.0 Å². The van der Waals surface area contributed by atoms with Crippen molar-refractivity contribution in [2.45, 2.75) is 25.8 Å². The maximum Gasteiger partial charge on any atom is 0.0500 e. The molecular weight excluding hydrogens is 291 g/mol. The highest BCUT2D eigenvalue weighted by molar-refractivity contribution is 6.35. The second-order valence-electron chi connectivity index (χ2n) is 4.76. The number of nitrogens with two attached hydrogens (primary N) is 1. The fraction of sp³-hybridized carbons (Fsp3) is 0.250. The lowest BCUT2D eigenvalue weighted by atomic mass is 9.97. The summed E-state index contributed by atoms with van der Waals surface area (Å²) in [4.78, 5) is 0. The SMILES string of the molecule is CCc1cccc(C(Cc2ccc(Cl)cc2Cl)NN)c1. The monoisotopic (exact) mass is 308 g/mol. The molecule has 20 heavy (non-hydrogen) atoms. The summed E-state index contributed by atoms with van der Waals surface area (Å²) in [5, 5.41) is 1.31. The Kier molecular flexibility index (Phi) is 5.44. The predicted molar refractivity (Wildman–Crippen MR) is 86.1 cm³/mol. The Labute approximate surface area is 129 Å². The lowest BCUT2D eigenvalue weighted by Gasteiger charge is -2.18. The summed E-state index contributed by atoms with van der Waals surface area (Å²) in [5.41, 5.74) is 6.36. The van der Waals surface area contributed by atoms with Gasteiger partial charge in [-0.25, -0.2) is 0 Å². The number of rotatable bonds is 5. The van der Waals surface area contributed by atoms with Crippen molar-refractivity contribution in [2.24, 2.45) is 5.84 Å². The highest BCUT2D eigenvalue weighted by atomic mass is 35.5. The van der Waals surface area contributed by atoms with Gasteiger partial charge in [0.15, 0.2) is 0 Å². The topological polar surface area (TPSA) is 38.0 Å². The Balaban J connectivity index is 2.23. The van der Waals surface area contributed by atoms with Gasteiger partial charge in [0.25, 0.3) is 0 Å². The fourth-order valence-electron chi connectivity index (χ4n) is 2.21. The molecular formula is C16H18Cl2N2. The van der Waals surface area contributed by atoms with Crippen molar-refractivity contribution < 1.29 is 0 Å². The van der Waals surface area contributed by atoms with E-state index in [9.17, 15) is 0 Å². The fourth-order valence-corrected chi connectivity index (χ4v) is 2.70. The first-order valence-electron chi connectivity index (χ1n) is 6.63. The maximum atomic E-state index is 6.22. The van der Waals surface area contributed by atoms with Gasteiger partial charge in [0.05, 0.1) is 6.04 Å². The van der Waals surface area contributed by atoms with Crippen molar-refractivity contribution in [3.8, 4) is 0 Å². The van der Waals surface area contributed by atoms with Crippen molar-refractivity contribution in [1.82, 2.24) is 5.43 Å². The van der Waals surface area contributed by atoms with Crippen molar-refractivity contribution >= 4 is 23.2 Å². The van der Waals surface area contributed by atoms with Crippen LogP contribution in [-0.4, -0.2) is 0 Å². The largest absolute Gasteiger partial charge is 0.271 e. The molecule has 0 heterocycles. The molecule has 2 rings (SSSR count). The molecule has 0 bridgehead atoms. The molecule has 0 saturated carbocycles. The standard InChI is InChI=1S/C16H18Cl2N2/c1-2-11-4-3-5-13(8-11)16(20-19)9-12-6-7-14(17)10-15(12)18/h3-8,10,16,20H,2,9,19H2,1H3. The highest BCUT2D eigenvalue weighted by Gasteiger charge is 2.13. The van der Waals surface area contributed by atoms with Gasteiger partial charge in [0.1, 0.15) is 0 Å². The molecule has 0 fully saturated rings. The van der Waals surface area contributed by atoms with Gasteiger partial charge in [-0.2, -0.15) is 0 Å². The number of nitrogens with one attached hydrogen (secondary N) is 1. The van der Waals surface area contributed by atoms with Crippen LogP contribution in [0, 0.1) is 0 Å². The zero-order valence-corrected chi connectivity index (χ0v) is 12.9. The summed E-state index contributed by atoms with van der Waals surface area (Å²) in [6.45, 7) is 2.14. The molecule has 0 saturated heterocycles. The lowest BCUT2D eigenvalue weighted by molar-refractivity contribution is 0.551. The van der Waals surface area contributed by atoms with Crippen molar-refractivity contribution in [2.75, 3.05) is 0 Å². The zero-order valence-electron chi connectivity index (χ0n) is 11.4. The minimum Gasteiger partial charge on any atom is -0.271 e. The molecule has 4 heteroatoms. The van der Waals surface area contributed by atoms with Gasteiger partial charge < -0.3 is 0 Å². The summed E-state index contributed by atoms with van der Waals surface area (Å²) in [7, 11) is 0. The van der Waals surface area contributed by atoms with E-state index in [1.165, 1.54) is 5.56 Å². The van der Waals surface area contributed by atoms with E-state index in [0.717, 1.165) is 24.0 Å². The number of aryl methyl sites for hydroxylation is 1. The third kappa shape index (κ3) is 3.74. The van der Waals surface area contributed by atoms with Crippen molar-refractivity contribution in [3.63, 3.8) is 0 Å². The molecule has 2 aromatic rings. The Hall–Kier alpha value is -1.06. The van der Waals surface area contributed by atoms with Crippen molar-refractivity contribution in [1.29, 1.82) is 0 Å². The van der Waals surface area contributed by atoms with Crippen LogP contribution in [0.5, 0.6) is 0 Å². The molecule has 2 nitrogen and oxygen atoms in total. The Morgan fingerprint density at radius 2 is 1.95 bits per heavy atom. The average Bonchev–Trinajstić information content (AvgIpc) is 2.46. The van der Waals surface area contributed by atoms with Crippen LogP contribution in [0.4, 0.5) is 0 Å². The molecule has 0 aliphatic carbocycles. The van der Waals surface area contributed by atoms with Crippen LogP contribution in [0.1, 0.15) is 29.7 Å². The summed E-state index contributed by atoms with van der Waals surface area (Å²) >= 11 is 12.1. The average molecular weight is 309 g/mol. The Morgan fingerprint density at radius 3 is 2.60 bits per heavy atom. The first-order chi connectivity index (χ1) is 9.63. The quantitative estimate of drug-likeness (QED) is 0.638. The second-order valence-corrected chi connectivity index (χ2v) is 5.60. The van der Waals surface area contributed by atoms with Crippen molar-refractivity contribution in [3.05, 3.63) is 69.2 Å². The molecule has 0 amide bonds. The van der Waals surface area contributed by atoms with Crippen LogP contribution >= 0.6 is 23.2 Å². The summed E-state index contributed by atoms with van der Waals surface area (Å²) in [5.74, 6) is 5.70. The van der Waals surface area contributed by atoms with Crippen LogP contribution in [-0.2, 0) is 12.8 Å². The number of hydrazine groups is 1. The zero-order chi connectivity index (χ0) is 14.5. The molecule has 0 aromatic heterocycles. The van der Waals surface area contributed by atoms with Crippen LogP contribution in [0.15, 0.2) is 42.5 Å². The molecule has 0 aliphatic rings. The highest BCUT2D eigenvalue weighted by Crippen LogP contribution is 2.26. The predicted octanol–water partition coefficient (Wildman–Crippen LogP) is 4.30. The normalized spacial score (nSPS) is 12.4. The van der Waals surface area contributed by atoms with E-state index in [0.29, 0.717) is 10.0 Å². The molecule has 1 atom stereocenters. The first-order valence-corrected chi connectivity index (χ1v) is 7.38. The number of hydrogen-bond acceptors (Lipinski definition) is 2. The van der Waals surface area contributed by atoms with E-state index < -0.39 is 0 Å². The van der Waals surface area contributed by atoms with Gasteiger partial charge in [-0.15, -0.1) is 0 Å². The minimum atomic E-state index is 0.0279. The molecule has 0 aliphatic heterocycles. The van der Waals surface area contributed by atoms with Gasteiger partial charge in [-0.1, -0.05) is 60.5 Å². The third-order valence-corrected chi connectivity index (χ3v) is 3.99. The van der Waals surface area contributed by atoms with E-state index in [1.54, 1.807) is 6.07 Å². The molecule has 106 valence electrons. The summed E-state index contributed by atoms with van der Waals surface area (Å²) in [6.07, 6.45) is 1.73. The van der Waals surface area contributed by atoms with Gasteiger partial charge in [0, 0.05) is 10.0 Å². The lowest BCUT2D eigenvalue weighted by Crippen LogP contribution is -2.29. The second kappa shape index (κ2) is 7.09. The Morgan fingerprint density at radius 1 is 1.15 bits per heavy atom. The molecule has 2 aromatic carbocycles. The molecule has 1 unspecified atom stereocenters. The van der Waals surface area contributed by atoms with Gasteiger partial charge in [-0.05, 0) is 41.7 Å². The van der Waals surface area contributed by atoms with E-state index in [-0.39, 0.29) is 6.04 Å². The van der Waals surface area contributed by atoms with Gasteiger partial charge >= 0.3 is 0 Å². The van der Waals surface area contributed by atoms with E-state index >= 15 is 0 Å². The molecule has 0 spiro atoms. The van der Waals surface area contributed by atoms with E-state index in [2.05, 4.69) is 36.6 Å². The number of halogens is 2. The van der Waals surface area contributed by atoms with Crippen LogP contribution in [0.25, 0.3) is 0 Å². The Bertz CT molecular complexity index is 584. The summed E-state index contributed by atoms with van der Waals surface area (Å²) in [6, 6.07) is 14.0. The van der Waals surface area contributed by atoms with Crippen LogP contribution in [0.2, 0.25) is 10.0 Å². The summed E-state index contributed by atoms with van der Waals surface area (Å²) < 4.78 is 0. The number of hydrogen-bond donors (Lipinski definition) is 2. The van der Waals surface area contributed by atoms with Gasteiger partial charge in [0.2, 0.25) is 0 Å². The minimum absolute atomic E-state index is 0.0279. The molecule has 0 radical (unpaired) electrons. The van der Waals surface area contributed by atoms with E-state index in [1.807, 2.05) is 12.1 Å². The number of benzene rings is 2. The smallest absolute Gasteiger partial charge is 0.0500 e. The van der Waals surface area contributed by atoms with Crippen LogP contribution < -0.4 is 11.3 Å². The maximum absolute atomic E-state index is 6.22. The first kappa shape index (κ1) is 15.3. The van der Waals surface area contributed by atoms with Crippen LogP contribution in [0.3, 0.4) is 0 Å².